The fourth-order valence-corrected chi connectivity index (χ4v) is 1.49. The van der Waals surface area contributed by atoms with Crippen LogP contribution < -0.4 is 5.32 Å². The molecular formula is C12H21NO3. The van der Waals surface area contributed by atoms with Crippen LogP contribution in [-0.4, -0.2) is 37.5 Å². The van der Waals surface area contributed by atoms with Crippen molar-refractivity contribution in [3.05, 3.63) is 24.2 Å². The predicted molar refractivity (Wildman–Crippen MR) is 62.4 cm³/mol. The van der Waals surface area contributed by atoms with Gasteiger partial charge in [-0.25, -0.2) is 0 Å². The largest absolute Gasteiger partial charge is 0.469 e. The molecule has 1 rings (SSSR count). The van der Waals surface area contributed by atoms with Crippen molar-refractivity contribution < 1.29 is 14.3 Å². The average Bonchev–Trinajstić information content (AvgIpc) is 2.76. The number of ether oxygens (including phenoxy) is 1. The van der Waals surface area contributed by atoms with Crippen LogP contribution in [0.1, 0.15) is 19.1 Å². The van der Waals surface area contributed by atoms with E-state index in [-0.39, 0.29) is 6.61 Å². The third-order valence-electron chi connectivity index (χ3n) is 2.28. The van der Waals surface area contributed by atoms with Gasteiger partial charge in [-0.15, -0.1) is 0 Å². The summed E-state index contributed by atoms with van der Waals surface area (Å²) in [5, 5.41) is 11.9. The topological polar surface area (TPSA) is 54.6 Å². The van der Waals surface area contributed by atoms with Crippen molar-refractivity contribution in [2.24, 2.45) is 0 Å². The highest BCUT2D eigenvalue weighted by Crippen LogP contribution is 2.03. The monoisotopic (exact) mass is 227 g/mol. The number of hydrogen-bond acceptors (Lipinski definition) is 4. The van der Waals surface area contributed by atoms with Gasteiger partial charge in [0.25, 0.3) is 0 Å². The van der Waals surface area contributed by atoms with Gasteiger partial charge in [0, 0.05) is 19.1 Å². The van der Waals surface area contributed by atoms with Gasteiger partial charge >= 0.3 is 0 Å². The zero-order valence-electron chi connectivity index (χ0n) is 9.82. The van der Waals surface area contributed by atoms with Crippen LogP contribution >= 0.6 is 0 Å². The molecule has 16 heavy (non-hydrogen) atoms. The summed E-state index contributed by atoms with van der Waals surface area (Å²) in [6.07, 6.45) is 3.57. The molecule has 4 heteroatoms. The van der Waals surface area contributed by atoms with Crippen LogP contribution in [0.5, 0.6) is 0 Å². The summed E-state index contributed by atoms with van der Waals surface area (Å²) >= 11 is 0. The highest BCUT2D eigenvalue weighted by atomic mass is 16.5. The molecule has 1 unspecified atom stereocenters. The third-order valence-corrected chi connectivity index (χ3v) is 2.28. The van der Waals surface area contributed by atoms with E-state index in [4.69, 9.17) is 14.3 Å². The van der Waals surface area contributed by atoms with Gasteiger partial charge in [0.1, 0.15) is 5.76 Å². The number of rotatable bonds is 9. The molecule has 0 bridgehead atoms. The molecule has 2 N–H and O–H groups in total. The zero-order valence-corrected chi connectivity index (χ0v) is 9.82. The van der Waals surface area contributed by atoms with Gasteiger partial charge in [0.05, 0.1) is 19.5 Å². The highest BCUT2D eigenvalue weighted by Gasteiger charge is 2.04. The molecule has 1 aromatic heterocycles. The first-order valence-electron chi connectivity index (χ1n) is 5.77. The van der Waals surface area contributed by atoms with Crippen LogP contribution in [0.2, 0.25) is 0 Å². The van der Waals surface area contributed by atoms with E-state index in [1.54, 1.807) is 6.26 Å². The lowest BCUT2D eigenvalue weighted by molar-refractivity contribution is 0.0904. The Balaban J connectivity index is 1.96. The Morgan fingerprint density at radius 2 is 2.38 bits per heavy atom. The average molecular weight is 227 g/mol. The van der Waals surface area contributed by atoms with E-state index in [0.717, 1.165) is 25.1 Å². The zero-order chi connectivity index (χ0) is 11.6. The van der Waals surface area contributed by atoms with Gasteiger partial charge in [-0.3, -0.25) is 0 Å². The summed E-state index contributed by atoms with van der Waals surface area (Å²) < 4.78 is 10.4. The minimum Gasteiger partial charge on any atom is -0.469 e. The van der Waals surface area contributed by atoms with Gasteiger partial charge in [-0.05, 0) is 32.0 Å². The number of furan rings is 1. The summed E-state index contributed by atoms with van der Waals surface area (Å²) in [6, 6.07) is 4.30. The maximum Gasteiger partial charge on any atom is 0.105 e. The molecule has 1 atom stereocenters. The molecule has 0 aromatic carbocycles. The maximum atomic E-state index is 8.50. The second kappa shape index (κ2) is 8.33. The Labute approximate surface area is 96.6 Å². The van der Waals surface area contributed by atoms with Crippen molar-refractivity contribution >= 4 is 0 Å². The molecule has 0 fully saturated rings. The summed E-state index contributed by atoms with van der Waals surface area (Å²) in [4.78, 5) is 0. The molecule has 0 radical (unpaired) electrons. The predicted octanol–water partition coefficient (Wildman–Crippen LogP) is 1.20. The standard InChI is InChI=1S/C12H21NO3/c1-11(10-12-4-2-8-16-12)13-5-3-7-15-9-6-14/h2,4,8,11,13-14H,3,5-7,9-10H2,1H3. The Morgan fingerprint density at radius 3 is 3.06 bits per heavy atom. The normalized spacial score (nSPS) is 12.9. The van der Waals surface area contributed by atoms with E-state index >= 15 is 0 Å². The fourth-order valence-electron chi connectivity index (χ4n) is 1.49. The molecule has 92 valence electrons. The van der Waals surface area contributed by atoms with Crippen molar-refractivity contribution in [3.63, 3.8) is 0 Å². The first-order valence-corrected chi connectivity index (χ1v) is 5.77. The molecule has 0 aliphatic carbocycles. The SMILES string of the molecule is CC(Cc1ccco1)NCCCOCCO. The smallest absolute Gasteiger partial charge is 0.105 e. The van der Waals surface area contributed by atoms with Crippen LogP contribution in [0.25, 0.3) is 0 Å². The van der Waals surface area contributed by atoms with Gasteiger partial charge < -0.3 is 19.6 Å². The summed E-state index contributed by atoms with van der Waals surface area (Å²) in [5.74, 6) is 1.01. The number of aliphatic hydroxyl groups is 1. The first kappa shape index (κ1) is 13.2. The van der Waals surface area contributed by atoms with Crippen LogP contribution in [0.4, 0.5) is 0 Å². The second-order valence-electron chi connectivity index (χ2n) is 3.83. The van der Waals surface area contributed by atoms with E-state index in [1.807, 2.05) is 12.1 Å². The molecule has 0 saturated carbocycles. The van der Waals surface area contributed by atoms with E-state index in [2.05, 4.69) is 12.2 Å². The van der Waals surface area contributed by atoms with Crippen molar-refractivity contribution in [2.75, 3.05) is 26.4 Å². The first-order chi connectivity index (χ1) is 7.83. The minimum absolute atomic E-state index is 0.0995. The number of aliphatic hydroxyl groups excluding tert-OH is 1. The Hall–Kier alpha value is -0.840. The van der Waals surface area contributed by atoms with E-state index in [9.17, 15) is 0 Å². The van der Waals surface area contributed by atoms with Gasteiger partial charge in [0.15, 0.2) is 0 Å². The number of hydrogen-bond donors (Lipinski definition) is 2. The molecule has 0 aliphatic heterocycles. The Bertz CT molecular complexity index is 249. The van der Waals surface area contributed by atoms with E-state index in [1.165, 1.54) is 0 Å². The molecule has 0 spiro atoms. The Morgan fingerprint density at radius 1 is 1.50 bits per heavy atom. The lowest BCUT2D eigenvalue weighted by atomic mass is 10.2. The van der Waals surface area contributed by atoms with Crippen LogP contribution in [0.15, 0.2) is 22.8 Å². The van der Waals surface area contributed by atoms with E-state index in [0.29, 0.717) is 19.3 Å². The summed E-state index contributed by atoms with van der Waals surface area (Å²) in [7, 11) is 0. The quantitative estimate of drug-likeness (QED) is 0.622. The van der Waals surface area contributed by atoms with E-state index < -0.39 is 0 Å². The molecule has 0 aliphatic rings. The van der Waals surface area contributed by atoms with Crippen LogP contribution in [-0.2, 0) is 11.2 Å². The Kier molecular flexibility index (Phi) is 6.88. The maximum absolute atomic E-state index is 8.50. The molecule has 0 amide bonds. The molecular weight excluding hydrogens is 206 g/mol. The van der Waals surface area contributed by atoms with Crippen molar-refractivity contribution in [1.29, 1.82) is 0 Å². The lowest BCUT2D eigenvalue weighted by Gasteiger charge is -2.12. The van der Waals surface area contributed by atoms with Crippen molar-refractivity contribution in [2.45, 2.75) is 25.8 Å². The molecule has 0 saturated heterocycles. The molecule has 4 nitrogen and oxygen atoms in total. The van der Waals surface area contributed by atoms with Gasteiger partial charge in [0.2, 0.25) is 0 Å². The van der Waals surface area contributed by atoms with Gasteiger partial charge in [-0.2, -0.15) is 0 Å². The minimum atomic E-state index is 0.0995. The van der Waals surface area contributed by atoms with Gasteiger partial charge in [-0.1, -0.05) is 0 Å². The van der Waals surface area contributed by atoms with Crippen LogP contribution in [0, 0.1) is 0 Å². The van der Waals surface area contributed by atoms with Crippen molar-refractivity contribution in [3.8, 4) is 0 Å². The van der Waals surface area contributed by atoms with Crippen molar-refractivity contribution in [1.82, 2.24) is 5.32 Å². The van der Waals surface area contributed by atoms with Crippen LogP contribution in [0.3, 0.4) is 0 Å². The third kappa shape index (κ3) is 5.90. The fraction of sp³-hybridized carbons (Fsp3) is 0.667. The molecule has 1 heterocycles. The summed E-state index contributed by atoms with van der Waals surface area (Å²) in [5.41, 5.74) is 0. The number of nitrogens with one attached hydrogen (secondary N) is 1. The molecule has 1 aromatic rings. The second-order valence-corrected chi connectivity index (χ2v) is 3.83. The summed E-state index contributed by atoms with van der Waals surface area (Å²) in [6.45, 7) is 4.29. The lowest BCUT2D eigenvalue weighted by Crippen LogP contribution is -2.29. The highest BCUT2D eigenvalue weighted by molar-refractivity contribution is 4.99.